The van der Waals surface area contributed by atoms with Crippen molar-refractivity contribution in [1.29, 1.82) is 0 Å². The molecule has 0 fully saturated rings. The van der Waals surface area contributed by atoms with Gasteiger partial charge >= 0.3 is 0 Å². The summed E-state index contributed by atoms with van der Waals surface area (Å²) >= 11 is 9.97. The molecular weight excluding hydrogens is 384 g/mol. The predicted octanol–water partition coefficient (Wildman–Crippen LogP) is 4.84. The van der Waals surface area contributed by atoms with E-state index in [1.54, 1.807) is 17.4 Å². The van der Waals surface area contributed by atoms with Crippen LogP contribution >= 0.6 is 45.5 Å². The van der Waals surface area contributed by atoms with Crippen molar-refractivity contribution in [3.8, 4) is 0 Å². The Labute approximate surface area is 129 Å². The summed E-state index contributed by atoms with van der Waals surface area (Å²) in [6.07, 6.45) is 0. The molecule has 0 amide bonds. The Bertz CT molecular complexity index is 544. The average Bonchev–Trinajstić information content (AvgIpc) is 2.73. The second-order valence-electron chi connectivity index (χ2n) is 3.79. The van der Waals surface area contributed by atoms with Crippen LogP contribution in [0.5, 0.6) is 0 Å². The lowest BCUT2D eigenvalue weighted by Crippen LogP contribution is -2.22. The molecule has 2 rings (SSSR count). The zero-order chi connectivity index (χ0) is 13.1. The Morgan fingerprint density at radius 1 is 1.44 bits per heavy atom. The Kier molecular flexibility index (Phi) is 5.00. The molecule has 1 atom stereocenters. The van der Waals surface area contributed by atoms with Crippen LogP contribution in [-0.2, 0) is 0 Å². The van der Waals surface area contributed by atoms with E-state index in [9.17, 15) is 4.39 Å². The Morgan fingerprint density at radius 3 is 2.78 bits per heavy atom. The second kappa shape index (κ2) is 6.32. The molecule has 0 aliphatic rings. The van der Waals surface area contributed by atoms with Crippen molar-refractivity contribution >= 4 is 45.5 Å². The van der Waals surface area contributed by atoms with Crippen LogP contribution in [0.2, 0.25) is 5.02 Å². The Hall–Kier alpha value is -0.170. The minimum Gasteiger partial charge on any atom is -0.306 e. The number of halogens is 3. The van der Waals surface area contributed by atoms with Crippen LogP contribution in [-0.4, -0.2) is 6.54 Å². The first kappa shape index (κ1) is 14.2. The van der Waals surface area contributed by atoms with Gasteiger partial charge in [0.25, 0.3) is 0 Å². The van der Waals surface area contributed by atoms with Crippen molar-refractivity contribution in [1.82, 2.24) is 5.32 Å². The highest BCUT2D eigenvalue weighted by atomic mass is 127. The molecule has 0 spiro atoms. The maximum absolute atomic E-state index is 13.2. The molecule has 0 bridgehead atoms. The van der Waals surface area contributed by atoms with E-state index in [1.165, 1.54) is 6.07 Å². The fourth-order valence-corrected chi connectivity index (χ4v) is 3.84. The van der Waals surface area contributed by atoms with Crippen molar-refractivity contribution in [3.63, 3.8) is 0 Å². The van der Waals surface area contributed by atoms with Crippen LogP contribution in [0.15, 0.2) is 29.6 Å². The van der Waals surface area contributed by atoms with Gasteiger partial charge in [-0.15, -0.1) is 11.3 Å². The van der Waals surface area contributed by atoms with Crippen molar-refractivity contribution in [2.75, 3.05) is 6.54 Å². The Morgan fingerprint density at radius 2 is 2.22 bits per heavy atom. The summed E-state index contributed by atoms with van der Waals surface area (Å²) in [5, 5.41) is 6.13. The molecular formula is C13H12ClFINS. The first-order valence-corrected chi connectivity index (χ1v) is 7.88. The van der Waals surface area contributed by atoms with Gasteiger partial charge in [-0.3, -0.25) is 0 Å². The molecule has 1 aromatic carbocycles. The summed E-state index contributed by atoms with van der Waals surface area (Å²) in [5.74, 6) is -0.212. The molecule has 1 unspecified atom stereocenters. The number of hydrogen-bond donors (Lipinski definition) is 1. The molecule has 1 nitrogen and oxygen atoms in total. The van der Waals surface area contributed by atoms with Crippen LogP contribution in [0.4, 0.5) is 4.39 Å². The molecule has 5 heteroatoms. The molecule has 1 heterocycles. The van der Waals surface area contributed by atoms with Crippen LogP contribution in [0, 0.1) is 9.39 Å². The van der Waals surface area contributed by atoms with Crippen molar-refractivity contribution in [2.45, 2.75) is 13.0 Å². The lowest BCUT2D eigenvalue weighted by Gasteiger charge is -2.19. The molecule has 0 saturated heterocycles. The maximum Gasteiger partial charge on any atom is 0.124 e. The van der Waals surface area contributed by atoms with E-state index in [1.807, 2.05) is 24.4 Å². The van der Waals surface area contributed by atoms with Crippen molar-refractivity contribution < 1.29 is 4.39 Å². The Balaban J connectivity index is 2.45. The van der Waals surface area contributed by atoms with Crippen LogP contribution in [0.3, 0.4) is 0 Å². The minimum atomic E-state index is -0.212. The van der Waals surface area contributed by atoms with Gasteiger partial charge in [0.1, 0.15) is 5.82 Å². The largest absolute Gasteiger partial charge is 0.306 e. The van der Waals surface area contributed by atoms with Gasteiger partial charge < -0.3 is 5.32 Å². The van der Waals surface area contributed by atoms with Crippen LogP contribution in [0.1, 0.15) is 23.4 Å². The first-order valence-electron chi connectivity index (χ1n) is 5.54. The van der Waals surface area contributed by atoms with Gasteiger partial charge in [0.05, 0.1) is 11.1 Å². The summed E-state index contributed by atoms with van der Waals surface area (Å²) in [7, 11) is 0. The SMILES string of the molecule is CCNC(c1ccc(F)cc1I)c1sccc1Cl. The van der Waals surface area contributed by atoms with Gasteiger partial charge in [-0.05, 0) is 58.3 Å². The molecule has 0 aliphatic carbocycles. The van der Waals surface area contributed by atoms with E-state index >= 15 is 0 Å². The third-order valence-corrected chi connectivity index (χ3v) is 4.95. The normalized spacial score (nSPS) is 12.7. The number of hydrogen-bond acceptors (Lipinski definition) is 2. The highest BCUT2D eigenvalue weighted by Gasteiger charge is 2.19. The summed E-state index contributed by atoms with van der Waals surface area (Å²) in [6.45, 7) is 2.87. The third-order valence-electron chi connectivity index (χ3n) is 2.59. The minimum absolute atomic E-state index is 0.0231. The fourth-order valence-electron chi connectivity index (χ4n) is 1.80. The summed E-state index contributed by atoms with van der Waals surface area (Å²) in [4.78, 5) is 1.07. The van der Waals surface area contributed by atoms with E-state index in [4.69, 9.17) is 11.6 Å². The van der Waals surface area contributed by atoms with E-state index in [0.717, 1.165) is 25.6 Å². The van der Waals surface area contributed by atoms with E-state index in [-0.39, 0.29) is 11.9 Å². The van der Waals surface area contributed by atoms with Crippen LogP contribution < -0.4 is 5.32 Å². The lowest BCUT2D eigenvalue weighted by molar-refractivity contribution is 0.614. The molecule has 1 aromatic heterocycles. The van der Waals surface area contributed by atoms with Crippen molar-refractivity contribution in [3.05, 3.63) is 54.5 Å². The molecule has 0 saturated carbocycles. The van der Waals surface area contributed by atoms with Gasteiger partial charge in [-0.2, -0.15) is 0 Å². The standard InChI is InChI=1S/C13H12ClFINS/c1-2-17-12(13-10(14)5-6-18-13)9-4-3-8(15)7-11(9)16/h3-7,12,17H,2H2,1H3. The third kappa shape index (κ3) is 3.04. The molecule has 0 radical (unpaired) electrons. The monoisotopic (exact) mass is 395 g/mol. The molecule has 0 aliphatic heterocycles. The predicted molar refractivity (Wildman–Crippen MR) is 84.0 cm³/mol. The first-order chi connectivity index (χ1) is 8.63. The molecule has 96 valence electrons. The van der Waals surface area contributed by atoms with E-state index < -0.39 is 0 Å². The average molecular weight is 396 g/mol. The van der Waals surface area contributed by atoms with Gasteiger partial charge in [0, 0.05) is 8.45 Å². The quantitative estimate of drug-likeness (QED) is 0.730. The maximum atomic E-state index is 13.2. The summed E-state index contributed by atoms with van der Waals surface area (Å²) < 4.78 is 14.1. The topological polar surface area (TPSA) is 12.0 Å². The van der Waals surface area contributed by atoms with Gasteiger partial charge in [-0.1, -0.05) is 24.6 Å². The number of rotatable bonds is 4. The van der Waals surface area contributed by atoms with E-state index in [2.05, 4.69) is 27.9 Å². The fraction of sp³-hybridized carbons (Fsp3) is 0.231. The lowest BCUT2D eigenvalue weighted by atomic mass is 10.1. The van der Waals surface area contributed by atoms with E-state index in [0.29, 0.717) is 0 Å². The molecule has 18 heavy (non-hydrogen) atoms. The molecule has 2 aromatic rings. The smallest absolute Gasteiger partial charge is 0.124 e. The van der Waals surface area contributed by atoms with Gasteiger partial charge in [-0.25, -0.2) is 4.39 Å². The summed E-state index contributed by atoms with van der Waals surface area (Å²) in [5.41, 5.74) is 1.06. The van der Waals surface area contributed by atoms with Gasteiger partial charge in [0.15, 0.2) is 0 Å². The highest BCUT2D eigenvalue weighted by Crippen LogP contribution is 2.34. The number of benzene rings is 1. The summed E-state index contributed by atoms with van der Waals surface area (Å²) in [6, 6.07) is 6.77. The van der Waals surface area contributed by atoms with Crippen molar-refractivity contribution in [2.24, 2.45) is 0 Å². The number of thiophene rings is 1. The van der Waals surface area contributed by atoms with Crippen LogP contribution in [0.25, 0.3) is 0 Å². The second-order valence-corrected chi connectivity index (χ2v) is 6.31. The zero-order valence-electron chi connectivity index (χ0n) is 9.71. The zero-order valence-corrected chi connectivity index (χ0v) is 13.4. The number of nitrogens with one attached hydrogen (secondary N) is 1. The molecule has 1 N–H and O–H groups in total. The highest BCUT2D eigenvalue weighted by molar-refractivity contribution is 14.1. The van der Waals surface area contributed by atoms with Gasteiger partial charge in [0.2, 0.25) is 0 Å².